The first-order valence-corrected chi connectivity index (χ1v) is 10.1. The van der Waals surface area contributed by atoms with Crippen molar-refractivity contribution in [1.29, 1.82) is 0 Å². The van der Waals surface area contributed by atoms with Gasteiger partial charge in [0.25, 0.3) is 0 Å². The molecule has 0 saturated heterocycles. The summed E-state index contributed by atoms with van der Waals surface area (Å²) in [6.07, 6.45) is 13.5. The third kappa shape index (κ3) is 3.44. The van der Waals surface area contributed by atoms with E-state index in [0.717, 1.165) is 34.4 Å². The number of aromatic nitrogens is 6. The summed E-state index contributed by atoms with van der Waals surface area (Å²) in [7, 11) is 0. The van der Waals surface area contributed by atoms with Gasteiger partial charge in [0, 0.05) is 36.9 Å². The molecule has 0 aromatic carbocycles. The Morgan fingerprint density at radius 1 is 1.00 bits per heavy atom. The van der Waals surface area contributed by atoms with E-state index in [4.69, 9.17) is 10.8 Å². The lowest BCUT2D eigenvalue weighted by molar-refractivity contribution is 0.311. The third-order valence-corrected chi connectivity index (χ3v) is 5.68. The van der Waals surface area contributed by atoms with E-state index in [2.05, 4.69) is 19.9 Å². The van der Waals surface area contributed by atoms with Gasteiger partial charge in [-0.2, -0.15) is 5.10 Å². The maximum atomic E-state index is 6.27. The highest BCUT2D eigenvalue weighted by atomic mass is 15.3. The van der Waals surface area contributed by atoms with E-state index in [1.807, 2.05) is 35.1 Å². The SMILES string of the molecule is Nc1nc(-c2nn(CC3CCCCC3)c3ncccc23)ncc1-c1ccncc1. The summed E-state index contributed by atoms with van der Waals surface area (Å²) in [4.78, 5) is 17.8. The molecule has 5 rings (SSSR count). The summed E-state index contributed by atoms with van der Waals surface area (Å²) < 4.78 is 2.02. The van der Waals surface area contributed by atoms with Gasteiger partial charge in [-0.15, -0.1) is 0 Å². The molecule has 0 atom stereocenters. The Labute approximate surface area is 169 Å². The van der Waals surface area contributed by atoms with Crippen LogP contribution in [0, 0.1) is 5.92 Å². The molecule has 4 aromatic rings. The van der Waals surface area contributed by atoms with E-state index in [0.29, 0.717) is 17.6 Å². The van der Waals surface area contributed by atoms with Crippen LogP contribution >= 0.6 is 0 Å². The van der Waals surface area contributed by atoms with Gasteiger partial charge in [-0.1, -0.05) is 19.3 Å². The number of anilines is 1. The van der Waals surface area contributed by atoms with Gasteiger partial charge < -0.3 is 5.73 Å². The number of nitrogen functional groups attached to an aromatic ring is 1. The van der Waals surface area contributed by atoms with Gasteiger partial charge in [0.1, 0.15) is 11.5 Å². The average Bonchev–Trinajstić information content (AvgIpc) is 3.13. The molecule has 4 heterocycles. The molecule has 2 N–H and O–H groups in total. The fourth-order valence-corrected chi connectivity index (χ4v) is 4.18. The van der Waals surface area contributed by atoms with Crippen molar-refractivity contribution < 1.29 is 0 Å². The van der Waals surface area contributed by atoms with Gasteiger partial charge in [0.15, 0.2) is 11.5 Å². The van der Waals surface area contributed by atoms with Crippen LogP contribution in [0.2, 0.25) is 0 Å². The van der Waals surface area contributed by atoms with Crippen LogP contribution in [-0.4, -0.2) is 29.7 Å². The molecule has 7 nitrogen and oxygen atoms in total. The molecule has 1 aliphatic rings. The Morgan fingerprint density at radius 3 is 2.62 bits per heavy atom. The van der Waals surface area contributed by atoms with Gasteiger partial charge in [-0.25, -0.2) is 19.6 Å². The highest BCUT2D eigenvalue weighted by Gasteiger charge is 2.20. The van der Waals surface area contributed by atoms with Crippen molar-refractivity contribution in [3.63, 3.8) is 0 Å². The van der Waals surface area contributed by atoms with E-state index in [1.54, 1.807) is 18.6 Å². The predicted octanol–water partition coefficient (Wildman–Crippen LogP) is 4.11. The zero-order valence-electron chi connectivity index (χ0n) is 16.2. The summed E-state index contributed by atoms with van der Waals surface area (Å²) in [6, 6.07) is 7.74. The molecule has 4 aromatic heterocycles. The van der Waals surface area contributed by atoms with E-state index >= 15 is 0 Å². The van der Waals surface area contributed by atoms with Gasteiger partial charge >= 0.3 is 0 Å². The minimum absolute atomic E-state index is 0.431. The number of rotatable bonds is 4. The monoisotopic (exact) mass is 385 g/mol. The second-order valence-electron chi connectivity index (χ2n) is 7.64. The minimum Gasteiger partial charge on any atom is -0.383 e. The van der Waals surface area contributed by atoms with Crippen molar-refractivity contribution in [2.45, 2.75) is 38.6 Å². The second kappa shape index (κ2) is 7.58. The molecule has 7 heteroatoms. The number of fused-ring (bicyclic) bond motifs is 1. The number of nitrogens with zero attached hydrogens (tertiary/aromatic N) is 6. The zero-order chi connectivity index (χ0) is 19.6. The van der Waals surface area contributed by atoms with Crippen molar-refractivity contribution >= 4 is 16.9 Å². The van der Waals surface area contributed by atoms with Crippen LogP contribution < -0.4 is 5.73 Å². The maximum absolute atomic E-state index is 6.27. The van der Waals surface area contributed by atoms with Crippen molar-refractivity contribution in [2.75, 3.05) is 5.73 Å². The smallest absolute Gasteiger partial charge is 0.182 e. The number of hydrogen-bond acceptors (Lipinski definition) is 6. The van der Waals surface area contributed by atoms with Gasteiger partial charge in [-0.05, 0) is 48.6 Å². The molecule has 0 aliphatic heterocycles. The highest BCUT2D eigenvalue weighted by molar-refractivity contribution is 5.89. The molecule has 29 heavy (non-hydrogen) atoms. The van der Waals surface area contributed by atoms with Crippen LogP contribution in [0.25, 0.3) is 33.7 Å². The van der Waals surface area contributed by atoms with Crippen LogP contribution in [0.1, 0.15) is 32.1 Å². The fraction of sp³-hybridized carbons (Fsp3) is 0.318. The molecule has 146 valence electrons. The summed E-state index contributed by atoms with van der Waals surface area (Å²) in [5.74, 6) is 1.61. The first-order valence-electron chi connectivity index (χ1n) is 10.1. The highest BCUT2D eigenvalue weighted by Crippen LogP contribution is 2.30. The van der Waals surface area contributed by atoms with Gasteiger partial charge in [-0.3, -0.25) is 4.98 Å². The van der Waals surface area contributed by atoms with Gasteiger partial charge in [0.2, 0.25) is 0 Å². The van der Waals surface area contributed by atoms with Crippen LogP contribution in [0.4, 0.5) is 5.82 Å². The summed E-state index contributed by atoms with van der Waals surface area (Å²) >= 11 is 0. The van der Waals surface area contributed by atoms with Crippen LogP contribution in [0.15, 0.2) is 49.1 Å². The number of nitrogens with two attached hydrogens (primary N) is 1. The molecule has 0 unspecified atom stereocenters. The number of pyridine rings is 2. The van der Waals surface area contributed by atoms with E-state index in [9.17, 15) is 0 Å². The Bertz CT molecular complexity index is 1130. The molecular weight excluding hydrogens is 362 g/mol. The average molecular weight is 385 g/mol. The molecule has 0 spiro atoms. The third-order valence-electron chi connectivity index (χ3n) is 5.68. The minimum atomic E-state index is 0.431. The summed E-state index contributed by atoms with van der Waals surface area (Å²) in [6.45, 7) is 0.887. The molecule has 0 radical (unpaired) electrons. The van der Waals surface area contributed by atoms with Crippen LogP contribution in [-0.2, 0) is 6.54 Å². The molecule has 0 amide bonds. The van der Waals surface area contributed by atoms with Crippen LogP contribution in [0.5, 0.6) is 0 Å². The van der Waals surface area contributed by atoms with Gasteiger partial charge in [0.05, 0.1) is 5.39 Å². The first kappa shape index (κ1) is 17.7. The van der Waals surface area contributed by atoms with E-state index in [-0.39, 0.29) is 0 Å². The maximum Gasteiger partial charge on any atom is 0.182 e. The molecule has 1 fully saturated rings. The second-order valence-corrected chi connectivity index (χ2v) is 7.64. The van der Waals surface area contributed by atoms with Crippen molar-refractivity contribution in [2.24, 2.45) is 5.92 Å². The predicted molar refractivity (Wildman–Crippen MR) is 113 cm³/mol. The Hall–Kier alpha value is -3.35. The Morgan fingerprint density at radius 2 is 1.83 bits per heavy atom. The topological polar surface area (TPSA) is 95.4 Å². The molecule has 0 bridgehead atoms. The normalized spacial score (nSPS) is 15.0. The standard InChI is InChI=1S/C22H23N7/c23-20-18(16-8-11-24-12-9-16)13-26-21(27-20)19-17-7-4-10-25-22(17)29(28-19)14-15-5-2-1-3-6-15/h4,7-13,15H,1-3,5-6,14H2,(H2,23,26,27). The van der Waals surface area contributed by atoms with Crippen molar-refractivity contribution in [3.05, 3.63) is 49.1 Å². The quantitative estimate of drug-likeness (QED) is 0.568. The summed E-state index contributed by atoms with van der Waals surface area (Å²) in [5, 5.41) is 5.82. The zero-order valence-corrected chi connectivity index (χ0v) is 16.2. The fourth-order valence-electron chi connectivity index (χ4n) is 4.18. The molecule has 1 aliphatic carbocycles. The Balaban J connectivity index is 1.54. The van der Waals surface area contributed by atoms with Crippen molar-refractivity contribution in [3.8, 4) is 22.6 Å². The first-order chi connectivity index (χ1) is 14.3. The van der Waals surface area contributed by atoms with E-state index < -0.39 is 0 Å². The molecular formula is C22H23N7. The Kier molecular flexibility index (Phi) is 4.63. The molecule has 1 saturated carbocycles. The lowest BCUT2D eigenvalue weighted by Gasteiger charge is -2.21. The lowest BCUT2D eigenvalue weighted by Crippen LogP contribution is -2.15. The number of hydrogen-bond donors (Lipinski definition) is 1. The largest absolute Gasteiger partial charge is 0.383 e. The summed E-state index contributed by atoms with van der Waals surface area (Å²) in [5.41, 5.74) is 9.62. The van der Waals surface area contributed by atoms with E-state index in [1.165, 1.54) is 32.1 Å². The van der Waals surface area contributed by atoms with Crippen LogP contribution in [0.3, 0.4) is 0 Å². The lowest BCUT2D eigenvalue weighted by atomic mass is 9.89. The van der Waals surface area contributed by atoms with Crippen molar-refractivity contribution in [1.82, 2.24) is 29.7 Å².